The van der Waals surface area contributed by atoms with E-state index < -0.39 is 5.97 Å². The van der Waals surface area contributed by atoms with Crippen molar-refractivity contribution in [1.29, 1.82) is 0 Å². The molecule has 5 nitrogen and oxygen atoms in total. The number of furan rings is 1. The van der Waals surface area contributed by atoms with Gasteiger partial charge < -0.3 is 19.9 Å². The second-order valence-corrected chi connectivity index (χ2v) is 3.35. The first-order chi connectivity index (χ1) is 7.72. The number of carbonyl (C=O) groups excluding carboxylic acids is 1. The first-order valence-corrected chi connectivity index (χ1v) is 4.78. The van der Waals surface area contributed by atoms with Crippen LogP contribution in [0.2, 0.25) is 0 Å². The second-order valence-electron chi connectivity index (χ2n) is 3.35. The Hall–Kier alpha value is -2.17. The van der Waals surface area contributed by atoms with E-state index in [9.17, 15) is 4.79 Å². The molecular formula is C11H12N2O3. The summed E-state index contributed by atoms with van der Waals surface area (Å²) in [7, 11) is 1.31. The smallest absolute Gasteiger partial charge is 0.356 e. The van der Waals surface area contributed by atoms with Gasteiger partial charge in [-0.05, 0) is 12.1 Å². The minimum atomic E-state index is -0.469. The van der Waals surface area contributed by atoms with Crippen molar-refractivity contribution in [1.82, 2.24) is 4.98 Å². The zero-order valence-corrected chi connectivity index (χ0v) is 8.82. The fraction of sp³-hybridized carbons (Fsp3) is 0.182. The zero-order valence-electron chi connectivity index (χ0n) is 8.82. The Morgan fingerprint density at radius 1 is 1.62 bits per heavy atom. The highest BCUT2D eigenvalue weighted by Crippen LogP contribution is 2.21. The Bertz CT molecular complexity index is 485. The molecular weight excluding hydrogens is 208 g/mol. The van der Waals surface area contributed by atoms with Gasteiger partial charge in [0.05, 0.1) is 19.1 Å². The maximum Gasteiger partial charge on any atom is 0.356 e. The molecule has 2 aromatic heterocycles. The second kappa shape index (κ2) is 4.14. The quantitative estimate of drug-likeness (QED) is 0.769. The average Bonchev–Trinajstić information content (AvgIpc) is 2.90. The van der Waals surface area contributed by atoms with Gasteiger partial charge in [0, 0.05) is 18.2 Å². The highest BCUT2D eigenvalue weighted by atomic mass is 16.5. The van der Waals surface area contributed by atoms with Gasteiger partial charge in [0.25, 0.3) is 0 Å². The first-order valence-electron chi connectivity index (χ1n) is 4.78. The Morgan fingerprint density at radius 2 is 2.44 bits per heavy atom. The van der Waals surface area contributed by atoms with Crippen LogP contribution >= 0.6 is 0 Å². The Labute approximate surface area is 92.2 Å². The monoisotopic (exact) mass is 220 g/mol. The van der Waals surface area contributed by atoms with E-state index in [0.29, 0.717) is 12.1 Å². The van der Waals surface area contributed by atoms with Crippen molar-refractivity contribution >= 4 is 11.7 Å². The first kappa shape index (κ1) is 10.4. The van der Waals surface area contributed by atoms with E-state index in [0.717, 1.165) is 11.3 Å². The van der Waals surface area contributed by atoms with Gasteiger partial charge in [0.15, 0.2) is 0 Å². The molecule has 16 heavy (non-hydrogen) atoms. The zero-order chi connectivity index (χ0) is 11.5. The van der Waals surface area contributed by atoms with Crippen LogP contribution in [0.25, 0.3) is 0 Å². The number of aromatic amines is 1. The maximum atomic E-state index is 11.3. The van der Waals surface area contributed by atoms with E-state index in [-0.39, 0.29) is 5.69 Å². The summed E-state index contributed by atoms with van der Waals surface area (Å²) >= 11 is 0. The SMILES string of the molecule is COC(=O)c1[nH]cc(Cc2ccco2)c1N. The molecule has 0 saturated heterocycles. The lowest BCUT2D eigenvalue weighted by atomic mass is 10.1. The highest BCUT2D eigenvalue weighted by molar-refractivity contribution is 5.94. The third kappa shape index (κ3) is 1.79. The van der Waals surface area contributed by atoms with Crippen molar-refractivity contribution in [2.75, 3.05) is 12.8 Å². The molecule has 0 radical (unpaired) electrons. The van der Waals surface area contributed by atoms with Gasteiger partial charge >= 0.3 is 5.97 Å². The number of carbonyl (C=O) groups is 1. The van der Waals surface area contributed by atoms with Gasteiger partial charge in [-0.25, -0.2) is 4.79 Å². The predicted molar refractivity (Wildman–Crippen MR) is 58.1 cm³/mol. The predicted octanol–water partition coefficient (Wildman–Crippen LogP) is 1.57. The summed E-state index contributed by atoms with van der Waals surface area (Å²) in [5, 5.41) is 0. The average molecular weight is 220 g/mol. The number of ether oxygens (including phenoxy) is 1. The van der Waals surface area contributed by atoms with Crippen LogP contribution in [0.5, 0.6) is 0 Å². The number of hydrogen-bond donors (Lipinski definition) is 2. The van der Waals surface area contributed by atoms with E-state index in [1.54, 1.807) is 18.5 Å². The number of nitrogens with one attached hydrogen (secondary N) is 1. The molecule has 84 valence electrons. The van der Waals surface area contributed by atoms with Crippen LogP contribution in [-0.2, 0) is 11.2 Å². The Kier molecular flexibility index (Phi) is 2.68. The molecule has 0 spiro atoms. The summed E-state index contributed by atoms with van der Waals surface area (Å²) in [5.41, 5.74) is 7.33. The van der Waals surface area contributed by atoms with Crippen LogP contribution in [0.15, 0.2) is 29.0 Å². The lowest BCUT2D eigenvalue weighted by molar-refractivity contribution is 0.0596. The number of rotatable bonds is 3. The molecule has 3 N–H and O–H groups in total. The maximum absolute atomic E-state index is 11.3. The van der Waals surface area contributed by atoms with E-state index in [4.69, 9.17) is 10.2 Å². The number of methoxy groups -OCH3 is 1. The number of anilines is 1. The van der Waals surface area contributed by atoms with Crippen molar-refractivity contribution in [2.45, 2.75) is 6.42 Å². The molecule has 0 fully saturated rings. The largest absolute Gasteiger partial charge is 0.469 e. The van der Waals surface area contributed by atoms with Crippen molar-refractivity contribution in [3.63, 3.8) is 0 Å². The van der Waals surface area contributed by atoms with Gasteiger partial charge in [0.1, 0.15) is 11.5 Å². The fourth-order valence-electron chi connectivity index (χ4n) is 1.49. The summed E-state index contributed by atoms with van der Waals surface area (Å²) in [4.78, 5) is 14.1. The molecule has 0 saturated carbocycles. The number of esters is 1. The number of hydrogen-bond acceptors (Lipinski definition) is 4. The summed E-state index contributed by atoms with van der Waals surface area (Å²) in [6.45, 7) is 0. The number of aromatic nitrogens is 1. The number of nitrogens with two attached hydrogens (primary N) is 1. The van der Waals surface area contributed by atoms with Crippen molar-refractivity contribution in [3.8, 4) is 0 Å². The normalized spacial score (nSPS) is 10.3. The summed E-state index contributed by atoms with van der Waals surface area (Å²) in [6.07, 6.45) is 3.83. The van der Waals surface area contributed by atoms with Crippen LogP contribution < -0.4 is 5.73 Å². The molecule has 0 bridgehead atoms. The number of nitrogen functional groups attached to an aromatic ring is 1. The van der Waals surface area contributed by atoms with Crippen molar-refractivity contribution in [2.24, 2.45) is 0 Å². The molecule has 2 heterocycles. The highest BCUT2D eigenvalue weighted by Gasteiger charge is 2.16. The third-order valence-corrected chi connectivity index (χ3v) is 2.34. The van der Waals surface area contributed by atoms with Crippen LogP contribution in [0.3, 0.4) is 0 Å². The van der Waals surface area contributed by atoms with Crippen molar-refractivity contribution in [3.05, 3.63) is 41.6 Å². The molecule has 0 unspecified atom stereocenters. The standard InChI is InChI=1S/C11H12N2O3/c1-15-11(14)10-9(12)7(6-13-10)5-8-3-2-4-16-8/h2-4,6,13H,5,12H2,1H3. The van der Waals surface area contributed by atoms with Gasteiger partial charge in [-0.3, -0.25) is 0 Å². The molecule has 2 rings (SSSR count). The van der Waals surface area contributed by atoms with E-state index >= 15 is 0 Å². The van der Waals surface area contributed by atoms with E-state index in [2.05, 4.69) is 9.72 Å². The van der Waals surface area contributed by atoms with Crippen LogP contribution in [-0.4, -0.2) is 18.1 Å². The van der Waals surface area contributed by atoms with E-state index in [1.165, 1.54) is 7.11 Å². The van der Waals surface area contributed by atoms with Gasteiger partial charge in [-0.15, -0.1) is 0 Å². The van der Waals surface area contributed by atoms with Gasteiger partial charge in [-0.2, -0.15) is 0 Å². The minimum absolute atomic E-state index is 0.282. The third-order valence-electron chi connectivity index (χ3n) is 2.34. The number of H-pyrrole nitrogens is 1. The molecule has 5 heteroatoms. The molecule has 0 aliphatic heterocycles. The molecule has 0 aliphatic rings. The molecule has 0 atom stereocenters. The lowest BCUT2D eigenvalue weighted by Crippen LogP contribution is -2.05. The molecule has 2 aromatic rings. The van der Waals surface area contributed by atoms with Crippen LogP contribution in [0.4, 0.5) is 5.69 Å². The molecule has 0 aliphatic carbocycles. The lowest BCUT2D eigenvalue weighted by Gasteiger charge is -1.99. The topological polar surface area (TPSA) is 81.2 Å². The summed E-state index contributed by atoms with van der Waals surface area (Å²) in [5.74, 6) is 0.324. The van der Waals surface area contributed by atoms with Crippen LogP contribution in [0, 0.1) is 0 Å². The van der Waals surface area contributed by atoms with Gasteiger partial charge in [0.2, 0.25) is 0 Å². The molecule has 0 amide bonds. The van der Waals surface area contributed by atoms with Crippen molar-refractivity contribution < 1.29 is 13.9 Å². The minimum Gasteiger partial charge on any atom is -0.469 e. The summed E-state index contributed by atoms with van der Waals surface area (Å²) in [6, 6.07) is 3.66. The molecule has 0 aromatic carbocycles. The fourth-order valence-corrected chi connectivity index (χ4v) is 1.49. The van der Waals surface area contributed by atoms with Gasteiger partial charge in [-0.1, -0.05) is 0 Å². The Balaban J connectivity index is 2.23. The van der Waals surface area contributed by atoms with E-state index in [1.807, 2.05) is 6.07 Å². The van der Waals surface area contributed by atoms with Crippen LogP contribution in [0.1, 0.15) is 21.8 Å². The summed E-state index contributed by atoms with van der Waals surface area (Å²) < 4.78 is 9.79. The Morgan fingerprint density at radius 3 is 3.06 bits per heavy atom.